The van der Waals surface area contributed by atoms with Crippen molar-refractivity contribution in [3.05, 3.63) is 0 Å². The zero-order chi connectivity index (χ0) is 10.5. The molecule has 0 aliphatic carbocycles. The van der Waals surface area contributed by atoms with Gasteiger partial charge in [0.15, 0.2) is 0 Å². The van der Waals surface area contributed by atoms with Gasteiger partial charge in [-0.2, -0.15) is 0 Å². The van der Waals surface area contributed by atoms with E-state index in [2.05, 4.69) is 0 Å². The Labute approximate surface area is 78.5 Å². The van der Waals surface area contributed by atoms with Gasteiger partial charge in [0.25, 0.3) is 0 Å². The van der Waals surface area contributed by atoms with Gasteiger partial charge in [-0.05, 0) is 20.8 Å². The van der Waals surface area contributed by atoms with Crippen LogP contribution in [0.4, 0.5) is 4.79 Å². The topological polar surface area (TPSA) is 75.8 Å². The number of hydrogen-bond donors (Lipinski definition) is 2. The number of aliphatic hydroxyl groups excluding tert-OH is 1. The molecule has 5 nitrogen and oxygen atoms in total. The van der Waals surface area contributed by atoms with Crippen molar-refractivity contribution in [2.75, 3.05) is 19.8 Å². The molecule has 0 atom stereocenters. The lowest BCUT2D eigenvalue weighted by Crippen LogP contribution is -2.40. The van der Waals surface area contributed by atoms with Crippen molar-refractivity contribution in [1.82, 2.24) is 4.90 Å². The van der Waals surface area contributed by atoms with Crippen molar-refractivity contribution in [3.63, 3.8) is 0 Å². The zero-order valence-corrected chi connectivity index (χ0v) is 8.41. The Kier molecular flexibility index (Phi) is 4.72. The van der Waals surface area contributed by atoms with E-state index in [0.717, 1.165) is 4.90 Å². The van der Waals surface area contributed by atoms with Gasteiger partial charge in [-0.3, -0.25) is 4.90 Å². The Morgan fingerprint density at radius 2 is 2.08 bits per heavy atom. The largest absolute Gasteiger partial charge is 0.444 e. The van der Waals surface area contributed by atoms with Gasteiger partial charge >= 0.3 is 6.09 Å². The Morgan fingerprint density at radius 1 is 1.54 bits per heavy atom. The van der Waals surface area contributed by atoms with Gasteiger partial charge in [-0.25, -0.2) is 4.79 Å². The summed E-state index contributed by atoms with van der Waals surface area (Å²) in [6.07, 6.45) is -0.541. The first-order valence-electron chi connectivity index (χ1n) is 4.19. The minimum Gasteiger partial charge on any atom is -0.444 e. The van der Waals surface area contributed by atoms with Crippen molar-refractivity contribution in [3.8, 4) is 0 Å². The van der Waals surface area contributed by atoms with Gasteiger partial charge in [-0.15, -0.1) is 0 Å². The number of nitrogens with two attached hydrogens (primary N) is 1. The van der Waals surface area contributed by atoms with Crippen LogP contribution in [0.15, 0.2) is 0 Å². The zero-order valence-electron chi connectivity index (χ0n) is 8.41. The predicted molar refractivity (Wildman–Crippen MR) is 49.1 cm³/mol. The normalized spacial score (nSPS) is 11.2. The summed E-state index contributed by atoms with van der Waals surface area (Å²) in [5.74, 6) is 0. The van der Waals surface area contributed by atoms with Crippen LogP contribution in [-0.4, -0.2) is 41.5 Å². The molecule has 5 heteroatoms. The first-order chi connectivity index (χ1) is 5.90. The molecule has 0 aliphatic heterocycles. The molecule has 1 amide bonds. The highest BCUT2D eigenvalue weighted by Crippen LogP contribution is 2.09. The molecule has 0 aliphatic rings. The third kappa shape index (κ3) is 5.43. The van der Waals surface area contributed by atoms with E-state index in [9.17, 15) is 4.79 Å². The molecular weight excluding hydrogens is 172 g/mol. The highest BCUT2D eigenvalue weighted by molar-refractivity contribution is 5.67. The second-order valence-electron chi connectivity index (χ2n) is 3.67. The van der Waals surface area contributed by atoms with Crippen LogP contribution in [-0.2, 0) is 4.74 Å². The molecule has 3 N–H and O–H groups in total. The average Bonchev–Trinajstić information content (AvgIpc) is 1.96. The molecule has 0 unspecified atom stereocenters. The third-order valence-electron chi connectivity index (χ3n) is 1.22. The maximum absolute atomic E-state index is 11.3. The molecule has 0 radical (unpaired) electrons. The minimum absolute atomic E-state index is 0.297. The van der Waals surface area contributed by atoms with Crippen LogP contribution < -0.4 is 5.73 Å². The molecule has 0 aromatic carbocycles. The van der Waals surface area contributed by atoms with Crippen molar-refractivity contribution in [1.29, 1.82) is 0 Å². The predicted octanol–water partition coefficient (Wildman–Crippen LogP) is 0.132. The lowest BCUT2D eigenvalue weighted by Gasteiger charge is -2.25. The first kappa shape index (κ1) is 12.2. The molecule has 0 heterocycles. The molecule has 0 aromatic rings. The molecule has 0 aromatic heterocycles. The van der Waals surface area contributed by atoms with Gasteiger partial charge in [0.05, 0.1) is 0 Å². The summed E-state index contributed by atoms with van der Waals surface area (Å²) >= 11 is 0. The Balaban J connectivity index is 4.06. The summed E-state index contributed by atoms with van der Waals surface area (Å²) in [6, 6.07) is 0. The number of amides is 1. The summed E-state index contributed by atoms with van der Waals surface area (Å²) in [6.45, 7) is 5.53. The summed E-state index contributed by atoms with van der Waals surface area (Å²) in [4.78, 5) is 12.4. The lowest BCUT2D eigenvalue weighted by molar-refractivity contribution is 0.00715. The van der Waals surface area contributed by atoms with E-state index >= 15 is 0 Å². The first-order valence-corrected chi connectivity index (χ1v) is 4.19. The highest BCUT2D eigenvalue weighted by atomic mass is 16.6. The highest BCUT2D eigenvalue weighted by Gasteiger charge is 2.20. The van der Waals surface area contributed by atoms with E-state index in [-0.39, 0.29) is 6.73 Å². The Morgan fingerprint density at radius 3 is 2.38 bits per heavy atom. The van der Waals surface area contributed by atoms with Crippen LogP contribution in [0, 0.1) is 0 Å². The second kappa shape index (κ2) is 5.04. The van der Waals surface area contributed by atoms with Crippen LogP contribution in [0.25, 0.3) is 0 Å². The summed E-state index contributed by atoms with van der Waals surface area (Å²) < 4.78 is 5.01. The molecule has 0 rings (SSSR count). The van der Waals surface area contributed by atoms with Gasteiger partial charge in [0.1, 0.15) is 12.3 Å². The molecule has 0 saturated heterocycles. The Hall–Kier alpha value is -0.810. The summed E-state index contributed by atoms with van der Waals surface area (Å²) in [5.41, 5.74) is 4.70. The SMILES string of the molecule is CC(C)(C)OC(=O)N(CO)CCN. The fourth-order valence-electron chi connectivity index (χ4n) is 0.702. The number of carbonyl (C=O) groups excluding carboxylic acids is 1. The molecule has 0 bridgehead atoms. The van der Waals surface area contributed by atoms with E-state index < -0.39 is 11.7 Å². The Bertz CT molecular complexity index is 165. The smallest absolute Gasteiger partial charge is 0.412 e. The molecule has 0 spiro atoms. The number of carbonyl (C=O) groups is 1. The molecular formula is C8H18N2O3. The van der Waals surface area contributed by atoms with Gasteiger partial charge in [-0.1, -0.05) is 0 Å². The summed E-state index contributed by atoms with van der Waals surface area (Å²) in [5, 5.41) is 8.79. The van der Waals surface area contributed by atoms with E-state index in [1.807, 2.05) is 0 Å². The van der Waals surface area contributed by atoms with Crippen molar-refractivity contribution in [2.24, 2.45) is 5.73 Å². The maximum Gasteiger partial charge on any atom is 0.412 e. The van der Waals surface area contributed by atoms with E-state index in [4.69, 9.17) is 15.6 Å². The van der Waals surface area contributed by atoms with Gasteiger partial charge in [0, 0.05) is 13.1 Å². The van der Waals surface area contributed by atoms with E-state index in [1.54, 1.807) is 20.8 Å². The van der Waals surface area contributed by atoms with Crippen molar-refractivity contribution in [2.45, 2.75) is 26.4 Å². The minimum atomic E-state index is -0.543. The number of rotatable bonds is 3. The fourth-order valence-corrected chi connectivity index (χ4v) is 0.702. The molecule has 13 heavy (non-hydrogen) atoms. The average molecular weight is 190 g/mol. The molecule has 0 fully saturated rings. The van der Waals surface area contributed by atoms with Crippen LogP contribution >= 0.6 is 0 Å². The molecule has 78 valence electrons. The fraction of sp³-hybridized carbons (Fsp3) is 0.875. The number of nitrogens with zero attached hydrogens (tertiary/aromatic N) is 1. The standard InChI is InChI=1S/C8H18N2O3/c1-8(2,3)13-7(12)10(6-11)5-4-9/h11H,4-6,9H2,1-3H3. The van der Waals surface area contributed by atoms with Crippen molar-refractivity contribution < 1.29 is 14.6 Å². The van der Waals surface area contributed by atoms with Gasteiger partial charge < -0.3 is 15.6 Å². The van der Waals surface area contributed by atoms with Crippen LogP contribution in [0.2, 0.25) is 0 Å². The number of ether oxygens (including phenoxy) is 1. The summed E-state index contributed by atoms with van der Waals surface area (Å²) in [7, 11) is 0. The molecule has 0 saturated carbocycles. The van der Waals surface area contributed by atoms with E-state index in [0.29, 0.717) is 13.1 Å². The number of hydrogen-bond acceptors (Lipinski definition) is 4. The maximum atomic E-state index is 11.3. The van der Waals surface area contributed by atoms with Crippen molar-refractivity contribution >= 4 is 6.09 Å². The lowest BCUT2D eigenvalue weighted by atomic mass is 10.2. The van der Waals surface area contributed by atoms with Crippen LogP contribution in [0.5, 0.6) is 0 Å². The van der Waals surface area contributed by atoms with Crippen LogP contribution in [0.3, 0.4) is 0 Å². The second-order valence-corrected chi connectivity index (χ2v) is 3.67. The monoisotopic (exact) mass is 190 g/mol. The quantitative estimate of drug-likeness (QED) is 0.620. The van der Waals surface area contributed by atoms with Crippen LogP contribution in [0.1, 0.15) is 20.8 Å². The van der Waals surface area contributed by atoms with Gasteiger partial charge in [0.2, 0.25) is 0 Å². The number of aliphatic hydroxyl groups is 1. The van der Waals surface area contributed by atoms with E-state index in [1.165, 1.54) is 0 Å². The third-order valence-corrected chi connectivity index (χ3v) is 1.22.